The minimum Gasteiger partial charge on any atom is -0.313 e. The van der Waals surface area contributed by atoms with Gasteiger partial charge in [0.2, 0.25) is 0 Å². The zero-order valence-corrected chi connectivity index (χ0v) is 11.7. The third-order valence-electron chi connectivity index (χ3n) is 4.59. The summed E-state index contributed by atoms with van der Waals surface area (Å²) in [6.07, 6.45) is 6.95. The van der Waals surface area contributed by atoms with Gasteiger partial charge < -0.3 is 5.32 Å². The summed E-state index contributed by atoms with van der Waals surface area (Å²) >= 11 is 0. The van der Waals surface area contributed by atoms with Crippen molar-refractivity contribution in [2.24, 2.45) is 5.92 Å². The Balaban J connectivity index is 2.00. The van der Waals surface area contributed by atoms with E-state index >= 15 is 0 Å². The summed E-state index contributed by atoms with van der Waals surface area (Å²) in [4.78, 5) is 0. The number of benzene rings is 2. The fourth-order valence-electron chi connectivity index (χ4n) is 3.63. The van der Waals surface area contributed by atoms with Crippen LogP contribution >= 0.6 is 0 Å². The van der Waals surface area contributed by atoms with Crippen molar-refractivity contribution in [3.8, 4) is 0 Å². The summed E-state index contributed by atoms with van der Waals surface area (Å²) in [6, 6.07) is 16.0. The number of nitrogens with one attached hydrogen (secondary N) is 1. The first-order chi connectivity index (χ1) is 9.40. The van der Waals surface area contributed by atoms with Crippen LogP contribution in [0.2, 0.25) is 0 Å². The maximum absolute atomic E-state index is 3.58. The van der Waals surface area contributed by atoms with E-state index in [-0.39, 0.29) is 0 Å². The molecule has 0 saturated heterocycles. The molecule has 1 saturated carbocycles. The summed E-state index contributed by atoms with van der Waals surface area (Å²) in [7, 11) is 2.11. The lowest BCUT2D eigenvalue weighted by molar-refractivity contribution is 0.283. The van der Waals surface area contributed by atoms with Crippen molar-refractivity contribution >= 4 is 10.8 Å². The fraction of sp³-hybridized carbons (Fsp3) is 0.444. The molecule has 1 unspecified atom stereocenters. The Hall–Kier alpha value is -1.34. The molecule has 1 aliphatic carbocycles. The lowest BCUT2D eigenvalue weighted by Crippen LogP contribution is -2.27. The molecule has 1 heteroatoms. The standard InChI is InChI=1S/C18H23N/c1-19-18(15-9-3-2-4-10-15)17-13-7-11-14-8-5-6-12-16(14)17/h5-8,11-13,15,18-19H,2-4,9-10H2,1H3. The fourth-order valence-corrected chi connectivity index (χ4v) is 3.63. The van der Waals surface area contributed by atoms with Gasteiger partial charge in [-0.05, 0) is 42.1 Å². The molecule has 2 aromatic rings. The molecule has 0 aliphatic heterocycles. The Morgan fingerprint density at radius 1 is 0.947 bits per heavy atom. The van der Waals surface area contributed by atoms with Gasteiger partial charge in [-0.25, -0.2) is 0 Å². The average Bonchev–Trinajstić information content (AvgIpc) is 2.49. The van der Waals surface area contributed by atoms with E-state index < -0.39 is 0 Å². The van der Waals surface area contributed by atoms with Gasteiger partial charge in [-0.2, -0.15) is 0 Å². The Morgan fingerprint density at radius 3 is 2.47 bits per heavy atom. The highest BCUT2D eigenvalue weighted by Gasteiger charge is 2.24. The van der Waals surface area contributed by atoms with Crippen molar-refractivity contribution in [1.29, 1.82) is 0 Å². The van der Waals surface area contributed by atoms with E-state index in [1.807, 2.05) is 0 Å². The molecule has 0 heterocycles. The lowest BCUT2D eigenvalue weighted by Gasteiger charge is -2.31. The summed E-state index contributed by atoms with van der Waals surface area (Å²) in [5, 5.41) is 6.35. The Bertz CT molecular complexity index is 535. The molecule has 1 nitrogen and oxygen atoms in total. The van der Waals surface area contributed by atoms with Gasteiger partial charge in [-0.1, -0.05) is 61.7 Å². The molecule has 2 aromatic carbocycles. The molecule has 1 aliphatic rings. The molecule has 100 valence electrons. The van der Waals surface area contributed by atoms with Crippen molar-refractivity contribution in [2.45, 2.75) is 38.1 Å². The second-order valence-electron chi connectivity index (χ2n) is 5.73. The van der Waals surface area contributed by atoms with Gasteiger partial charge in [0.05, 0.1) is 0 Å². The molecule has 1 N–H and O–H groups in total. The first kappa shape index (κ1) is 12.7. The van der Waals surface area contributed by atoms with Gasteiger partial charge >= 0.3 is 0 Å². The molecule has 3 rings (SSSR count). The van der Waals surface area contributed by atoms with Gasteiger partial charge in [-0.3, -0.25) is 0 Å². The smallest absolute Gasteiger partial charge is 0.0352 e. The van der Waals surface area contributed by atoms with Crippen LogP contribution in [0.15, 0.2) is 42.5 Å². The molecular formula is C18H23N. The maximum Gasteiger partial charge on any atom is 0.0352 e. The predicted molar refractivity (Wildman–Crippen MR) is 82.3 cm³/mol. The number of fused-ring (bicyclic) bond motifs is 1. The van der Waals surface area contributed by atoms with Crippen LogP contribution in [-0.2, 0) is 0 Å². The lowest BCUT2D eigenvalue weighted by atomic mass is 9.80. The normalized spacial score (nSPS) is 18.6. The average molecular weight is 253 g/mol. The largest absolute Gasteiger partial charge is 0.313 e. The van der Waals surface area contributed by atoms with Crippen LogP contribution in [0, 0.1) is 5.92 Å². The van der Waals surface area contributed by atoms with Gasteiger partial charge in [0.25, 0.3) is 0 Å². The molecule has 0 bridgehead atoms. The molecule has 1 atom stereocenters. The first-order valence-corrected chi connectivity index (χ1v) is 7.55. The van der Waals surface area contributed by atoms with E-state index in [2.05, 4.69) is 54.8 Å². The zero-order valence-electron chi connectivity index (χ0n) is 11.7. The second-order valence-corrected chi connectivity index (χ2v) is 5.73. The summed E-state index contributed by atoms with van der Waals surface area (Å²) < 4.78 is 0. The van der Waals surface area contributed by atoms with Crippen LogP contribution in [-0.4, -0.2) is 7.05 Å². The maximum atomic E-state index is 3.58. The van der Waals surface area contributed by atoms with E-state index in [0.717, 1.165) is 5.92 Å². The number of hydrogen-bond acceptors (Lipinski definition) is 1. The highest BCUT2D eigenvalue weighted by Crippen LogP contribution is 2.36. The number of hydrogen-bond donors (Lipinski definition) is 1. The van der Waals surface area contributed by atoms with Crippen molar-refractivity contribution in [3.05, 3.63) is 48.0 Å². The van der Waals surface area contributed by atoms with E-state index in [9.17, 15) is 0 Å². The third kappa shape index (κ3) is 2.52. The number of rotatable bonds is 3. The van der Waals surface area contributed by atoms with Crippen molar-refractivity contribution < 1.29 is 0 Å². The van der Waals surface area contributed by atoms with Crippen molar-refractivity contribution in [3.63, 3.8) is 0 Å². The molecule has 0 spiro atoms. The third-order valence-corrected chi connectivity index (χ3v) is 4.59. The van der Waals surface area contributed by atoms with Gasteiger partial charge in [0.15, 0.2) is 0 Å². The molecule has 0 radical (unpaired) electrons. The van der Waals surface area contributed by atoms with Crippen LogP contribution in [0.3, 0.4) is 0 Å². The van der Waals surface area contributed by atoms with E-state index in [1.165, 1.54) is 48.4 Å². The molecule has 1 fully saturated rings. The Morgan fingerprint density at radius 2 is 1.68 bits per heavy atom. The van der Waals surface area contributed by atoms with Gasteiger partial charge in [0, 0.05) is 6.04 Å². The van der Waals surface area contributed by atoms with E-state index in [1.54, 1.807) is 0 Å². The summed E-state index contributed by atoms with van der Waals surface area (Å²) in [5.74, 6) is 0.796. The highest BCUT2D eigenvalue weighted by atomic mass is 14.9. The summed E-state index contributed by atoms with van der Waals surface area (Å²) in [6.45, 7) is 0. The quantitative estimate of drug-likeness (QED) is 0.837. The second kappa shape index (κ2) is 5.75. The predicted octanol–water partition coefficient (Wildman–Crippen LogP) is 4.68. The zero-order chi connectivity index (χ0) is 13.1. The molecule has 19 heavy (non-hydrogen) atoms. The van der Waals surface area contributed by atoms with Crippen LogP contribution in [0.25, 0.3) is 10.8 Å². The van der Waals surface area contributed by atoms with Gasteiger partial charge in [-0.15, -0.1) is 0 Å². The van der Waals surface area contributed by atoms with Gasteiger partial charge in [0.1, 0.15) is 0 Å². The van der Waals surface area contributed by atoms with Crippen LogP contribution in [0.1, 0.15) is 43.7 Å². The molecular weight excluding hydrogens is 230 g/mol. The van der Waals surface area contributed by atoms with Crippen LogP contribution < -0.4 is 5.32 Å². The van der Waals surface area contributed by atoms with E-state index in [4.69, 9.17) is 0 Å². The highest BCUT2D eigenvalue weighted by molar-refractivity contribution is 5.86. The van der Waals surface area contributed by atoms with Crippen LogP contribution in [0.4, 0.5) is 0 Å². The Kier molecular flexibility index (Phi) is 3.84. The first-order valence-electron chi connectivity index (χ1n) is 7.55. The molecule has 0 amide bonds. The summed E-state index contributed by atoms with van der Waals surface area (Å²) in [5.41, 5.74) is 1.48. The monoisotopic (exact) mass is 253 g/mol. The van der Waals surface area contributed by atoms with Crippen molar-refractivity contribution in [2.75, 3.05) is 7.05 Å². The Labute approximate surface area is 116 Å². The van der Waals surface area contributed by atoms with Crippen molar-refractivity contribution in [1.82, 2.24) is 5.32 Å². The van der Waals surface area contributed by atoms with Crippen LogP contribution in [0.5, 0.6) is 0 Å². The minimum absolute atomic E-state index is 0.506. The van der Waals surface area contributed by atoms with E-state index in [0.29, 0.717) is 6.04 Å². The molecule has 0 aromatic heterocycles. The minimum atomic E-state index is 0.506. The SMILES string of the molecule is CNC(c1cccc2ccccc12)C1CCCCC1. The topological polar surface area (TPSA) is 12.0 Å².